The van der Waals surface area contributed by atoms with E-state index < -0.39 is 5.60 Å². The molecule has 0 aliphatic rings. The van der Waals surface area contributed by atoms with Gasteiger partial charge in [-0.2, -0.15) is 0 Å². The van der Waals surface area contributed by atoms with Gasteiger partial charge >= 0.3 is 0 Å². The Morgan fingerprint density at radius 3 is 2.37 bits per heavy atom. The van der Waals surface area contributed by atoms with Crippen molar-refractivity contribution in [2.45, 2.75) is 58.6 Å². The van der Waals surface area contributed by atoms with Crippen LogP contribution in [0.1, 0.15) is 62.4 Å². The maximum absolute atomic E-state index is 11.7. The first-order valence-electron chi connectivity index (χ1n) is 9.53. The average Bonchev–Trinajstić information content (AvgIpc) is 2.64. The fourth-order valence-corrected chi connectivity index (χ4v) is 2.95. The highest BCUT2D eigenvalue weighted by Crippen LogP contribution is 2.18. The molecule has 0 unspecified atom stereocenters. The Labute approximate surface area is 180 Å². The second-order valence-electron chi connectivity index (χ2n) is 6.55. The maximum atomic E-state index is 11.7. The van der Waals surface area contributed by atoms with Gasteiger partial charge in [0.2, 0.25) is 0 Å². The molecular weight excluding hydrogens is 455 g/mol. The highest BCUT2D eigenvalue weighted by Gasteiger charge is 2.24. The van der Waals surface area contributed by atoms with Gasteiger partial charge in [0, 0.05) is 25.7 Å². The quantitative estimate of drug-likeness (QED) is 0.231. The first-order valence-corrected chi connectivity index (χ1v) is 9.53. The summed E-state index contributed by atoms with van der Waals surface area (Å²) in [7, 11) is 1.62. The van der Waals surface area contributed by atoms with E-state index in [0.717, 1.165) is 37.8 Å². The molecule has 0 saturated carbocycles. The fourth-order valence-electron chi connectivity index (χ4n) is 2.95. The number of carbonyl (C=O) groups excluding carboxylic acids is 1. The van der Waals surface area contributed by atoms with E-state index in [1.807, 2.05) is 25.1 Å². The van der Waals surface area contributed by atoms with Gasteiger partial charge in [0.1, 0.15) is 0 Å². The van der Waals surface area contributed by atoms with Crippen LogP contribution in [-0.4, -0.2) is 42.7 Å². The standard InChI is InChI=1S/C20H34N4O2.HI/c1-5-11-20(26,12-6-2)15-24-19(22-7-3)23-14-16-9-8-10-17(13-16)18(25)21-4;/h8-10,13,26H,5-7,11-12,14-15H2,1-4H3,(H,21,25)(H2,22,23,24);1H. The summed E-state index contributed by atoms with van der Waals surface area (Å²) in [5.41, 5.74) is 0.873. The minimum absolute atomic E-state index is 0. The molecule has 0 saturated heterocycles. The van der Waals surface area contributed by atoms with Crippen LogP contribution in [0.15, 0.2) is 29.3 Å². The van der Waals surface area contributed by atoms with Crippen LogP contribution < -0.4 is 16.0 Å². The summed E-state index contributed by atoms with van der Waals surface area (Å²) in [6.07, 6.45) is 3.42. The van der Waals surface area contributed by atoms with Crippen molar-refractivity contribution in [3.05, 3.63) is 35.4 Å². The van der Waals surface area contributed by atoms with Crippen LogP contribution in [0.5, 0.6) is 0 Å². The summed E-state index contributed by atoms with van der Waals surface area (Å²) in [6, 6.07) is 7.43. The zero-order valence-corrected chi connectivity index (χ0v) is 19.3. The van der Waals surface area contributed by atoms with Crippen LogP contribution in [0.4, 0.5) is 0 Å². The third-order valence-electron chi connectivity index (χ3n) is 4.20. The number of aliphatic imine (C=N–C) groups is 1. The molecule has 7 heteroatoms. The number of aliphatic hydroxyl groups is 1. The van der Waals surface area contributed by atoms with Crippen molar-refractivity contribution >= 4 is 35.8 Å². The first-order chi connectivity index (χ1) is 12.5. The number of benzene rings is 1. The molecule has 4 N–H and O–H groups in total. The van der Waals surface area contributed by atoms with Gasteiger partial charge < -0.3 is 21.1 Å². The predicted molar refractivity (Wildman–Crippen MR) is 123 cm³/mol. The van der Waals surface area contributed by atoms with E-state index in [2.05, 4.69) is 34.8 Å². The molecular formula is C20H35IN4O2. The van der Waals surface area contributed by atoms with E-state index in [1.54, 1.807) is 13.1 Å². The van der Waals surface area contributed by atoms with E-state index in [9.17, 15) is 9.90 Å². The normalized spacial score (nSPS) is 11.5. The Balaban J connectivity index is 0.00000676. The molecule has 0 aliphatic heterocycles. The highest BCUT2D eigenvalue weighted by molar-refractivity contribution is 14.0. The second-order valence-corrected chi connectivity index (χ2v) is 6.55. The van der Waals surface area contributed by atoms with Crippen LogP contribution in [0.25, 0.3) is 0 Å². The van der Waals surface area contributed by atoms with Gasteiger partial charge in [-0.05, 0) is 37.5 Å². The van der Waals surface area contributed by atoms with Crippen LogP contribution in [0.2, 0.25) is 0 Å². The maximum Gasteiger partial charge on any atom is 0.251 e. The van der Waals surface area contributed by atoms with Crippen LogP contribution in [0.3, 0.4) is 0 Å². The molecule has 0 aliphatic carbocycles. The molecule has 1 amide bonds. The molecule has 1 aromatic carbocycles. The number of rotatable bonds is 10. The number of carbonyl (C=O) groups is 1. The lowest BCUT2D eigenvalue weighted by molar-refractivity contribution is 0.0257. The third-order valence-corrected chi connectivity index (χ3v) is 4.20. The molecule has 6 nitrogen and oxygen atoms in total. The van der Waals surface area contributed by atoms with Gasteiger partial charge in [0.15, 0.2) is 5.96 Å². The number of amides is 1. The van der Waals surface area contributed by atoms with Crippen LogP contribution in [0, 0.1) is 0 Å². The fraction of sp³-hybridized carbons (Fsp3) is 0.600. The molecule has 1 rings (SSSR count). The van der Waals surface area contributed by atoms with Crippen LogP contribution >= 0.6 is 24.0 Å². The molecule has 0 fully saturated rings. The van der Waals surface area contributed by atoms with E-state index in [4.69, 9.17) is 0 Å². The van der Waals surface area contributed by atoms with Crippen molar-refractivity contribution < 1.29 is 9.90 Å². The predicted octanol–water partition coefficient (Wildman–Crippen LogP) is 3.05. The summed E-state index contributed by atoms with van der Waals surface area (Å²) >= 11 is 0. The van der Waals surface area contributed by atoms with Gasteiger partial charge in [-0.25, -0.2) is 4.99 Å². The lowest BCUT2D eigenvalue weighted by atomic mass is 9.93. The molecule has 0 bridgehead atoms. The molecule has 1 aromatic rings. The van der Waals surface area contributed by atoms with Gasteiger partial charge in [-0.3, -0.25) is 4.79 Å². The molecule has 0 radical (unpaired) electrons. The number of nitrogens with zero attached hydrogens (tertiary/aromatic N) is 1. The smallest absolute Gasteiger partial charge is 0.251 e. The van der Waals surface area contributed by atoms with Crippen molar-refractivity contribution in [2.24, 2.45) is 4.99 Å². The lowest BCUT2D eigenvalue weighted by Crippen LogP contribution is -2.47. The number of hydrogen-bond acceptors (Lipinski definition) is 3. The largest absolute Gasteiger partial charge is 0.388 e. The van der Waals surface area contributed by atoms with Gasteiger partial charge in [-0.1, -0.05) is 38.8 Å². The zero-order valence-electron chi connectivity index (χ0n) is 17.0. The first kappa shape index (κ1) is 25.6. The molecule has 27 heavy (non-hydrogen) atoms. The second kappa shape index (κ2) is 13.8. The van der Waals surface area contributed by atoms with Crippen molar-refractivity contribution in [1.82, 2.24) is 16.0 Å². The molecule has 0 atom stereocenters. The number of hydrogen-bond donors (Lipinski definition) is 4. The minimum Gasteiger partial charge on any atom is -0.388 e. The SMILES string of the molecule is CCCC(O)(CCC)CNC(=NCc1cccc(C(=O)NC)c1)NCC.I. The van der Waals surface area contributed by atoms with Crippen molar-refractivity contribution in [1.29, 1.82) is 0 Å². The van der Waals surface area contributed by atoms with Crippen LogP contribution in [-0.2, 0) is 6.54 Å². The minimum atomic E-state index is -0.710. The topological polar surface area (TPSA) is 85.8 Å². The Hall–Kier alpha value is -1.35. The summed E-state index contributed by atoms with van der Waals surface area (Å²) in [4.78, 5) is 16.3. The van der Waals surface area contributed by atoms with E-state index in [1.165, 1.54) is 0 Å². The molecule has 0 spiro atoms. The van der Waals surface area contributed by atoms with E-state index in [-0.39, 0.29) is 29.9 Å². The third kappa shape index (κ3) is 9.41. The molecule has 0 aromatic heterocycles. The Morgan fingerprint density at radius 1 is 1.15 bits per heavy atom. The molecule has 154 valence electrons. The summed E-state index contributed by atoms with van der Waals surface area (Å²) in [5, 5.41) is 19.8. The monoisotopic (exact) mass is 490 g/mol. The zero-order chi connectivity index (χ0) is 19.4. The summed E-state index contributed by atoms with van der Waals surface area (Å²) in [6.45, 7) is 7.84. The number of nitrogens with one attached hydrogen (secondary N) is 3. The lowest BCUT2D eigenvalue weighted by Gasteiger charge is -2.28. The Kier molecular flexibility index (Phi) is 13.1. The average molecular weight is 490 g/mol. The molecule has 0 heterocycles. The highest BCUT2D eigenvalue weighted by atomic mass is 127. The van der Waals surface area contributed by atoms with E-state index in [0.29, 0.717) is 24.6 Å². The van der Waals surface area contributed by atoms with E-state index >= 15 is 0 Å². The van der Waals surface area contributed by atoms with Gasteiger partial charge in [0.25, 0.3) is 5.91 Å². The van der Waals surface area contributed by atoms with Crippen molar-refractivity contribution in [3.8, 4) is 0 Å². The number of guanidine groups is 1. The summed E-state index contributed by atoms with van der Waals surface area (Å²) < 4.78 is 0. The Bertz CT molecular complexity index is 587. The van der Waals surface area contributed by atoms with Gasteiger partial charge in [-0.15, -0.1) is 24.0 Å². The Morgan fingerprint density at radius 2 is 1.81 bits per heavy atom. The van der Waals surface area contributed by atoms with Crippen molar-refractivity contribution in [3.63, 3.8) is 0 Å². The van der Waals surface area contributed by atoms with Crippen molar-refractivity contribution in [2.75, 3.05) is 20.1 Å². The summed E-state index contributed by atoms with van der Waals surface area (Å²) in [5.74, 6) is 0.563. The van der Waals surface area contributed by atoms with Gasteiger partial charge in [0.05, 0.1) is 12.1 Å². The number of halogens is 1.